The van der Waals surface area contributed by atoms with Crippen LogP contribution in [0.4, 0.5) is 0 Å². The van der Waals surface area contributed by atoms with Crippen LogP contribution in [0.2, 0.25) is 0 Å². The van der Waals surface area contributed by atoms with Crippen molar-refractivity contribution in [1.29, 1.82) is 0 Å². The number of ether oxygens (including phenoxy) is 1. The Kier molecular flexibility index (Phi) is 4.35. The van der Waals surface area contributed by atoms with Gasteiger partial charge in [-0.1, -0.05) is 0 Å². The maximum Gasteiger partial charge on any atom is 0.240 e. The first-order valence-electron chi connectivity index (χ1n) is 5.25. The molecule has 0 aromatic rings. The molecule has 0 bridgehead atoms. The van der Waals surface area contributed by atoms with Gasteiger partial charge in [-0.15, -0.1) is 0 Å². The standard InChI is InChI=1S/C10H20N2O2/c1-14-8-3-2-7-12-9(13)10(11)5-4-6-10/h2-8,11H2,1H3,(H,12,13). The Morgan fingerprint density at radius 2 is 2.21 bits per heavy atom. The van der Waals surface area contributed by atoms with Gasteiger partial charge in [0.25, 0.3) is 0 Å². The molecule has 1 saturated carbocycles. The van der Waals surface area contributed by atoms with Crippen molar-refractivity contribution in [3.63, 3.8) is 0 Å². The molecule has 0 aromatic heterocycles. The molecule has 0 saturated heterocycles. The van der Waals surface area contributed by atoms with Gasteiger partial charge < -0.3 is 15.8 Å². The average molecular weight is 200 g/mol. The van der Waals surface area contributed by atoms with Crippen molar-refractivity contribution < 1.29 is 9.53 Å². The summed E-state index contributed by atoms with van der Waals surface area (Å²) in [5.74, 6) is 0.0150. The lowest BCUT2D eigenvalue weighted by molar-refractivity contribution is -0.129. The number of methoxy groups -OCH3 is 1. The van der Waals surface area contributed by atoms with Crippen molar-refractivity contribution in [2.75, 3.05) is 20.3 Å². The largest absolute Gasteiger partial charge is 0.385 e. The molecule has 1 rings (SSSR count). The predicted molar refractivity (Wildman–Crippen MR) is 54.9 cm³/mol. The zero-order valence-corrected chi connectivity index (χ0v) is 8.84. The van der Waals surface area contributed by atoms with Crippen LogP contribution in [-0.2, 0) is 9.53 Å². The summed E-state index contributed by atoms with van der Waals surface area (Å²) in [6.45, 7) is 1.46. The summed E-state index contributed by atoms with van der Waals surface area (Å²) < 4.78 is 4.91. The van der Waals surface area contributed by atoms with E-state index in [9.17, 15) is 4.79 Å². The summed E-state index contributed by atoms with van der Waals surface area (Å²) in [5.41, 5.74) is 5.30. The molecule has 1 aliphatic carbocycles. The van der Waals surface area contributed by atoms with Gasteiger partial charge in [-0.2, -0.15) is 0 Å². The van der Waals surface area contributed by atoms with Gasteiger partial charge in [0.05, 0.1) is 5.54 Å². The number of carbonyl (C=O) groups is 1. The van der Waals surface area contributed by atoms with Crippen molar-refractivity contribution in [2.45, 2.75) is 37.6 Å². The van der Waals surface area contributed by atoms with Crippen LogP contribution in [0, 0.1) is 0 Å². The van der Waals surface area contributed by atoms with E-state index in [4.69, 9.17) is 10.5 Å². The molecule has 1 aliphatic rings. The van der Waals surface area contributed by atoms with E-state index in [2.05, 4.69) is 5.32 Å². The maximum absolute atomic E-state index is 11.5. The van der Waals surface area contributed by atoms with Gasteiger partial charge in [0.15, 0.2) is 0 Å². The van der Waals surface area contributed by atoms with Gasteiger partial charge >= 0.3 is 0 Å². The number of rotatable bonds is 6. The zero-order valence-electron chi connectivity index (χ0n) is 8.84. The first kappa shape index (κ1) is 11.5. The van der Waals surface area contributed by atoms with E-state index in [1.165, 1.54) is 0 Å². The van der Waals surface area contributed by atoms with E-state index in [1.54, 1.807) is 7.11 Å². The van der Waals surface area contributed by atoms with E-state index >= 15 is 0 Å². The molecule has 14 heavy (non-hydrogen) atoms. The Morgan fingerprint density at radius 3 is 2.71 bits per heavy atom. The monoisotopic (exact) mass is 200 g/mol. The second-order valence-corrected chi connectivity index (χ2v) is 3.97. The second-order valence-electron chi connectivity index (χ2n) is 3.97. The number of unbranched alkanes of at least 4 members (excludes halogenated alkanes) is 1. The number of carbonyl (C=O) groups excluding carboxylic acids is 1. The molecule has 0 atom stereocenters. The van der Waals surface area contributed by atoms with Gasteiger partial charge in [0, 0.05) is 20.3 Å². The van der Waals surface area contributed by atoms with E-state index in [0.717, 1.165) is 38.7 Å². The third-order valence-corrected chi connectivity index (χ3v) is 2.76. The summed E-state index contributed by atoms with van der Waals surface area (Å²) in [6, 6.07) is 0. The Balaban J connectivity index is 2.03. The average Bonchev–Trinajstić information content (AvgIpc) is 2.13. The lowest BCUT2D eigenvalue weighted by Crippen LogP contribution is -2.58. The molecule has 0 aromatic carbocycles. The maximum atomic E-state index is 11.5. The first-order valence-corrected chi connectivity index (χ1v) is 5.25. The summed E-state index contributed by atoms with van der Waals surface area (Å²) in [6.07, 6.45) is 4.67. The smallest absolute Gasteiger partial charge is 0.240 e. The van der Waals surface area contributed by atoms with Crippen LogP contribution in [0.25, 0.3) is 0 Å². The Morgan fingerprint density at radius 1 is 1.50 bits per heavy atom. The molecule has 4 heteroatoms. The van der Waals surface area contributed by atoms with Crippen molar-refractivity contribution >= 4 is 5.91 Å². The number of amides is 1. The minimum absolute atomic E-state index is 0.0150. The van der Waals surface area contributed by atoms with Crippen molar-refractivity contribution in [1.82, 2.24) is 5.32 Å². The quantitative estimate of drug-likeness (QED) is 0.610. The predicted octanol–water partition coefficient (Wildman–Crippen LogP) is 0.411. The second kappa shape index (κ2) is 5.32. The highest BCUT2D eigenvalue weighted by atomic mass is 16.5. The third kappa shape index (κ3) is 2.96. The van der Waals surface area contributed by atoms with Gasteiger partial charge in [0.2, 0.25) is 5.91 Å². The SMILES string of the molecule is COCCCCNC(=O)C1(N)CCC1. The number of nitrogens with two attached hydrogens (primary N) is 1. The van der Waals surface area contributed by atoms with Crippen LogP contribution >= 0.6 is 0 Å². The minimum Gasteiger partial charge on any atom is -0.385 e. The topological polar surface area (TPSA) is 64.3 Å². The van der Waals surface area contributed by atoms with Gasteiger partial charge in [0.1, 0.15) is 0 Å². The molecule has 0 unspecified atom stereocenters. The molecule has 0 radical (unpaired) electrons. The highest BCUT2D eigenvalue weighted by Gasteiger charge is 2.39. The molecule has 4 nitrogen and oxygen atoms in total. The summed E-state index contributed by atoms with van der Waals surface area (Å²) in [5, 5.41) is 2.86. The van der Waals surface area contributed by atoms with Crippen molar-refractivity contribution in [2.24, 2.45) is 5.73 Å². The van der Waals surface area contributed by atoms with Gasteiger partial charge in [-0.05, 0) is 32.1 Å². The Hall–Kier alpha value is -0.610. The van der Waals surface area contributed by atoms with Gasteiger partial charge in [-0.25, -0.2) is 0 Å². The minimum atomic E-state index is -0.554. The molecule has 0 spiro atoms. The van der Waals surface area contributed by atoms with Crippen LogP contribution in [0.3, 0.4) is 0 Å². The highest BCUT2D eigenvalue weighted by molar-refractivity contribution is 5.86. The van der Waals surface area contributed by atoms with Crippen molar-refractivity contribution in [3.05, 3.63) is 0 Å². The van der Waals surface area contributed by atoms with Crippen LogP contribution in [-0.4, -0.2) is 31.7 Å². The van der Waals surface area contributed by atoms with Crippen LogP contribution in [0.1, 0.15) is 32.1 Å². The molecule has 0 aliphatic heterocycles. The molecular formula is C10H20N2O2. The van der Waals surface area contributed by atoms with Gasteiger partial charge in [-0.3, -0.25) is 4.79 Å². The van der Waals surface area contributed by atoms with E-state index in [1.807, 2.05) is 0 Å². The highest BCUT2D eigenvalue weighted by Crippen LogP contribution is 2.28. The molecule has 1 fully saturated rings. The third-order valence-electron chi connectivity index (χ3n) is 2.76. The number of hydrogen-bond acceptors (Lipinski definition) is 3. The number of hydrogen-bond donors (Lipinski definition) is 2. The normalized spacial score (nSPS) is 18.7. The van der Waals surface area contributed by atoms with E-state index < -0.39 is 5.54 Å². The summed E-state index contributed by atoms with van der Waals surface area (Å²) in [4.78, 5) is 11.5. The van der Waals surface area contributed by atoms with Crippen molar-refractivity contribution in [3.8, 4) is 0 Å². The fourth-order valence-corrected chi connectivity index (χ4v) is 1.53. The summed E-state index contributed by atoms with van der Waals surface area (Å²) in [7, 11) is 1.68. The molecular weight excluding hydrogens is 180 g/mol. The Labute approximate surface area is 85.2 Å². The van der Waals surface area contributed by atoms with E-state index in [-0.39, 0.29) is 5.91 Å². The molecule has 3 N–H and O–H groups in total. The lowest BCUT2D eigenvalue weighted by Gasteiger charge is -2.36. The fraction of sp³-hybridized carbons (Fsp3) is 0.900. The fourth-order valence-electron chi connectivity index (χ4n) is 1.53. The Bertz CT molecular complexity index is 191. The van der Waals surface area contributed by atoms with Crippen LogP contribution in [0.15, 0.2) is 0 Å². The lowest BCUT2D eigenvalue weighted by atomic mass is 9.77. The van der Waals surface area contributed by atoms with Crippen LogP contribution < -0.4 is 11.1 Å². The van der Waals surface area contributed by atoms with E-state index in [0.29, 0.717) is 6.54 Å². The summed E-state index contributed by atoms with van der Waals surface area (Å²) >= 11 is 0. The van der Waals surface area contributed by atoms with Crippen LogP contribution in [0.5, 0.6) is 0 Å². The number of nitrogens with one attached hydrogen (secondary N) is 1. The molecule has 82 valence electrons. The molecule has 1 amide bonds. The zero-order chi connectivity index (χ0) is 10.4. The first-order chi connectivity index (χ1) is 6.69. The molecule has 0 heterocycles.